The highest BCUT2D eigenvalue weighted by Crippen LogP contribution is 2.29. The molecule has 3 aromatic rings. The van der Waals surface area contributed by atoms with E-state index in [1.807, 2.05) is 0 Å². The molecule has 0 fully saturated rings. The largest absolute Gasteiger partial charge is 0.441 e. The summed E-state index contributed by atoms with van der Waals surface area (Å²) in [4.78, 5) is 16.6. The number of para-hydroxylation sites is 1. The summed E-state index contributed by atoms with van der Waals surface area (Å²) >= 11 is 0. The maximum atomic E-state index is 13.3. The quantitative estimate of drug-likeness (QED) is 0.533. The molecule has 8 nitrogen and oxygen atoms in total. The molecule has 0 unspecified atom stereocenters. The van der Waals surface area contributed by atoms with Crippen LogP contribution in [0.1, 0.15) is 17.0 Å². The van der Waals surface area contributed by atoms with Gasteiger partial charge < -0.3 is 9.73 Å². The van der Waals surface area contributed by atoms with Crippen molar-refractivity contribution in [1.82, 2.24) is 14.6 Å². The molecule has 0 bridgehead atoms. The number of rotatable bonds is 8. The molecule has 0 saturated heterocycles. The van der Waals surface area contributed by atoms with Crippen LogP contribution in [0.15, 0.2) is 46.9 Å². The van der Waals surface area contributed by atoms with Gasteiger partial charge >= 0.3 is 10.2 Å². The fourth-order valence-corrected chi connectivity index (χ4v) is 3.41. The highest BCUT2D eigenvalue weighted by molar-refractivity contribution is 7.90. The molecule has 0 spiro atoms. The molecule has 0 aliphatic carbocycles. The summed E-state index contributed by atoms with van der Waals surface area (Å²) in [6.45, 7) is 1.71. The van der Waals surface area contributed by atoms with Crippen LogP contribution in [0.5, 0.6) is 0 Å². The van der Waals surface area contributed by atoms with Gasteiger partial charge in [-0.05, 0) is 36.8 Å². The van der Waals surface area contributed by atoms with Crippen molar-refractivity contribution in [3.63, 3.8) is 0 Å². The summed E-state index contributed by atoms with van der Waals surface area (Å²) in [5.41, 5.74) is 1.50. The maximum Gasteiger partial charge on any atom is 0.301 e. The predicted octanol–water partition coefficient (Wildman–Crippen LogP) is 3.01. The van der Waals surface area contributed by atoms with Gasteiger partial charge in [0.1, 0.15) is 11.5 Å². The number of oxazole rings is 1. The van der Waals surface area contributed by atoms with Crippen LogP contribution in [0.25, 0.3) is 11.5 Å². The molecular formula is C21H22F2N4O4S. The summed E-state index contributed by atoms with van der Waals surface area (Å²) in [6, 6.07) is 9.90. The van der Waals surface area contributed by atoms with Crippen LogP contribution in [0, 0.1) is 18.6 Å². The van der Waals surface area contributed by atoms with E-state index < -0.39 is 27.8 Å². The minimum Gasteiger partial charge on any atom is -0.441 e. The number of amides is 1. The zero-order chi connectivity index (χ0) is 23.5. The number of halogens is 2. The lowest BCUT2D eigenvalue weighted by molar-refractivity contribution is -0.120. The van der Waals surface area contributed by atoms with Crippen LogP contribution in [0.4, 0.5) is 14.5 Å². The molecule has 11 heteroatoms. The van der Waals surface area contributed by atoms with E-state index in [0.29, 0.717) is 22.6 Å². The minimum absolute atomic E-state index is 0.0451. The first-order valence-electron chi connectivity index (χ1n) is 9.53. The van der Waals surface area contributed by atoms with Gasteiger partial charge in [-0.25, -0.2) is 13.8 Å². The molecule has 0 aliphatic rings. The molecule has 0 atom stereocenters. The fourth-order valence-electron chi connectivity index (χ4n) is 2.78. The Labute approximate surface area is 184 Å². The lowest BCUT2D eigenvalue weighted by atomic mass is 10.1. The Bertz CT molecular complexity index is 1240. The summed E-state index contributed by atoms with van der Waals surface area (Å²) in [5.74, 6) is -1.77. The summed E-state index contributed by atoms with van der Waals surface area (Å²) in [6.07, 6.45) is -0.129. The van der Waals surface area contributed by atoms with Gasteiger partial charge in [-0.1, -0.05) is 18.2 Å². The maximum absolute atomic E-state index is 13.3. The van der Waals surface area contributed by atoms with Crippen LogP contribution < -0.4 is 10.0 Å². The van der Waals surface area contributed by atoms with Gasteiger partial charge in [0.05, 0.1) is 24.2 Å². The number of benzene rings is 2. The smallest absolute Gasteiger partial charge is 0.301 e. The van der Waals surface area contributed by atoms with Crippen LogP contribution >= 0.6 is 0 Å². The van der Waals surface area contributed by atoms with Crippen molar-refractivity contribution < 1.29 is 26.4 Å². The van der Waals surface area contributed by atoms with Gasteiger partial charge in [-0.15, -0.1) is 0 Å². The highest BCUT2D eigenvalue weighted by Gasteiger charge is 2.19. The van der Waals surface area contributed by atoms with Crippen LogP contribution in [0.2, 0.25) is 0 Å². The topological polar surface area (TPSA) is 105 Å². The van der Waals surface area contributed by atoms with Gasteiger partial charge in [0.15, 0.2) is 11.6 Å². The molecule has 0 saturated carbocycles. The van der Waals surface area contributed by atoms with E-state index >= 15 is 0 Å². The molecule has 1 aromatic heterocycles. The number of nitrogens with one attached hydrogen (secondary N) is 2. The average molecular weight is 464 g/mol. The van der Waals surface area contributed by atoms with Crippen molar-refractivity contribution in [3.05, 3.63) is 71.1 Å². The fraction of sp³-hybridized carbons (Fsp3) is 0.238. The second-order valence-electron chi connectivity index (χ2n) is 7.16. The van der Waals surface area contributed by atoms with Crippen molar-refractivity contribution in [2.45, 2.75) is 19.9 Å². The normalized spacial score (nSPS) is 11.6. The van der Waals surface area contributed by atoms with E-state index in [0.717, 1.165) is 16.4 Å². The third kappa shape index (κ3) is 5.48. The lowest BCUT2D eigenvalue weighted by Crippen LogP contribution is -2.29. The van der Waals surface area contributed by atoms with Crippen LogP contribution in [-0.4, -0.2) is 37.7 Å². The molecule has 1 amide bonds. The Balaban J connectivity index is 1.73. The molecule has 1 heterocycles. The Morgan fingerprint density at radius 1 is 1.12 bits per heavy atom. The zero-order valence-corrected chi connectivity index (χ0v) is 18.5. The van der Waals surface area contributed by atoms with Gasteiger partial charge in [-0.2, -0.15) is 12.7 Å². The van der Waals surface area contributed by atoms with Crippen molar-refractivity contribution in [1.29, 1.82) is 0 Å². The highest BCUT2D eigenvalue weighted by atomic mass is 32.2. The number of nitrogens with zero attached hydrogens (tertiary/aromatic N) is 2. The molecule has 3 rings (SSSR count). The predicted molar refractivity (Wildman–Crippen MR) is 115 cm³/mol. The Hall–Kier alpha value is -3.31. The number of carbonyl (C=O) groups excluding carboxylic acids is 1. The second-order valence-corrected chi connectivity index (χ2v) is 9.04. The van der Waals surface area contributed by atoms with Gasteiger partial charge in [0.25, 0.3) is 0 Å². The molecule has 0 aliphatic heterocycles. The Kier molecular flexibility index (Phi) is 6.90. The third-order valence-electron chi connectivity index (χ3n) is 4.57. The van der Waals surface area contributed by atoms with E-state index in [4.69, 9.17) is 4.42 Å². The zero-order valence-electron chi connectivity index (χ0n) is 17.6. The van der Waals surface area contributed by atoms with E-state index in [9.17, 15) is 22.0 Å². The third-order valence-corrected chi connectivity index (χ3v) is 6.01. The summed E-state index contributed by atoms with van der Waals surface area (Å²) in [5, 5.41) is 2.66. The molecular weight excluding hydrogens is 442 g/mol. The second kappa shape index (κ2) is 9.45. The first-order chi connectivity index (χ1) is 15.1. The number of hydrogen-bond acceptors (Lipinski definition) is 5. The van der Waals surface area contributed by atoms with E-state index in [2.05, 4.69) is 15.0 Å². The molecule has 0 radical (unpaired) electrons. The number of hydrogen-bond donors (Lipinski definition) is 2. The Morgan fingerprint density at radius 3 is 2.53 bits per heavy atom. The van der Waals surface area contributed by atoms with Crippen molar-refractivity contribution >= 4 is 21.8 Å². The monoisotopic (exact) mass is 464 g/mol. The first-order valence-corrected chi connectivity index (χ1v) is 11.0. The summed E-state index contributed by atoms with van der Waals surface area (Å²) < 4.78 is 59.9. The molecule has 170 valence electrons. The molecule has 32 heavy (non-hydrogen) atoms. The van der Waals surface area contributed by atoms with Crippen molar-refractivity contribution in [2.75, 3.05) is 18.8 Å². The standard InChI is InChI=1S/C21H22F2N4O4S/c1-13-19(12-24-20(28)11-14-8-9-16(22)17(23)10-14)25-21(31-13)15-6-4-5-7-18(15)26-32(29,30)27(2)3/h4-10,26H,11-12H2,1-3H3,(H,24,28). The van der Waals surface area contributed by atoms with Crippen LogP contribution in [-0.2, 0) is 28.0 Å². The van der Waals surface area contributed by atoms with Crippen molar-refractivity contribution in [3.8, 4) is 11.5 Å². The van der Waals surface area contributed by atoms with E-state index in [1.165, 1.54) is 20.2 Å². The number of aryl methyl sites for hydroxylation is 1. The first kappa shape index (κ1) is 23.4. The van der Waals surface area contributed by atoms with Gasteiger partial charge in [-0.3, -0.25) is 9.52 Å². The van der Waals surface area contributed by atoms with E-state index in [1.54, 1.807) is 31.2 Å². The average Bonchev–Trinajstić information content (AvgIpc) is 3.09. The Morgan fingerprint density at radius 2 is 1.84 bits per heavy atom. The van der Waals surface area contributed by atoms with Gasteiger partial charge in [0.2, 0.25) is 11.8 Å². The number of anilines is 1. The number of carbonyl (C=O) groups is 1. The van der Waals surface area contributed by atoms with Crippen LogP contribution in [0.3, 0.4) is 0 Å². The number of aromatic nitrogens is 1. The van der Waals surface area contributed by atoms with Crippen molar-refractivity contribution in [2.24, 2.45) is 0 Å². The van der Waals surface area contributed by atoms with E-state index in [-0.39, 0.29) is 24.5 Å². The minimum atomic E-state index is -3.74. The van der Waals surface area contributed by atoms with Gasteiger partial charge in [0, 0.05) is 14.1 Å². The summed E-state index contributed by atoms with van der Waals surface area (Å²) in [7, 11) is -0.927. The molecule has 2 aromatic carbocycles. The SMILES string of the molecule is Cc1oc(-c2ccccc2NS(=O)(=O)N(C)C)nc1CNC(=O)Cc1ccc(F)c(F)c1. The lowest BCUT2D eigenvalue weighted by Gasteiger charge is -2.15. The molecule has 2 N–H and O–H groups in total.